The third-order valence-corrected chi connectivity index (χ3v) is 4.92. The summed E-state index contributed by atoms with van der Waals surface area (Å²) >= 11 is 0. The monoisotopic (exact) mass is 364 g/mol. The fraction of sp³-hybridized carbons (Fsp3) is 0.130. The van der Waals surface area contributed by atoms with Crippen molar-refractivity contribution in [2.24, 2.45) is 0 Å². The molecule has 3 aromatic rings. The molecule has 0 aromatic heterocycles. The summed E-state index contributed by atoms with van der Waals surface area (Å²) < 4.78 is 29.0. The molecule has 136 valence electrons. The topological polar surface area (TPSA) is 40.5 Å². The molecule has 0 saturated carbocycles. The van der Waals surface area contributed by atoms with Gasteiger partial charge in [-0.05, 0) is 48.4 Å². The van der Waals surface area contributed by atoms with Crippen LogP contribution in [0, 0.1) is 18.6 Å². The average molecular weight is 364 g/mol. The van der Waals surface area contributed by atoms with Crippen LogP contribution in [0.15, 0.2) is 42.5 Å². The summed E-state index contributed by atoms with van der Waals surface area (Å²) in [7, 11) is 0. The summed E-state index contributed by atoms with van der Waals surface area (Å²) in [6, 6.07) is 10.7. The highest BCUT2D eigenvalue weighted by atomic mass is 19.1. The lowest BCUT2D eigenvalue weighted by molar-refractivity contribution is 0.405. The van der Waals surface area contributed by atoms with Crippen molar-refractivity contribution in [2.45, 2.75) is 19.8 Å². The number of aromatic hydroxyl groups is 2. The second-order valence-corrected chi connectivity index (χ2v) is 6.72. The molecule has 0 fully saturated rings. The van der Waals surface area contributed by atoms with Crippen LogP contribution in [0.4, 0.5) is 8.78 Å². The van der Waals surface area contributed by atoms with Gasteiger partial charge in [0.1, 0.15) is 11.6 Å². The Morgan fingerprint density at radius 1 is 0.741 bits per heavy atom. The SMILES string of the molecule is Cc1ccc(F)c(-c2c(O)c(O)c(-c3ccccc3F)c3c2=CCCC=3)c1. The third-order valence-electron chi connectivity index (χ3n) is 4.92. The first-order chi connectivity index (χ1) is 13.0. The quantitative estimate of drug-likeness (QED) is 0.663. The zero-order chi connectivity index (χ0) is 19.1. The smallest absolute Gasteiger partial charge is 0.166 e. The molecule has 0 spiro atoms. The molecular formula is C23H18F2O2. The Balaban J connectivity index is 2.17. The van der Waals surface area contributed by atoms with E-state index in [1.54, 1.807) is 30.3 Å². The Hall–Kier alpha value is -3.14. The molecule has 0 unspecified atom stereocenters. The highest BCUT2D eigenvalue weighted by molar-refractivity contribution is 5.85. The zero-order valence-electron chi connectivity index (χ0n) is 14.8. The normalized spacial score (nSPS) is 12.9. The van der Waals surface area contributed by atoms with E-state index in [-0.39, 0.29) is 22.3 Å². The minimum Gasteiger partial charge on any atom is -0.504 e. The van der Waals surface area contributed by atoms with Crippen LogP contribution in [-0.2, 0) is 0 Å². The van der Waals surface area contributed by atoms with Crippen molar-refractivity contribution in [3.8, 4) is 33.8 Å². The van der Waals surface area contributed by atoms with Crippen molar-refractivity contribution < 1.29 is 19.0 Å². The summed E-state index contributed by atoms with van der Waals surface area (Å²) in [6.07, 6.45) is 5.23. The molecule has 0 radical (unpaired) electrons. The van der Waals surface area contributed by atoms with Gasteiger partial charge in [-0.1, -0.05) is 42.0 Å². The number of phenolic OH excluding ortho intramolecular Hbond substituents is 2. The van der Waals surface area contributed by atoms with Gasteiger partial charge in [0.05, 0.1) is 0 Å². The predicted octanol–water partition coefficient (Wildman–Crippen LogP) is 4.37. The van der Waals surface area contributed by atoms with Gasteiger partial charge in [-0.15, -0.1) is 0 Å². The minimum atomic E-state index is -0.497. The summed E-state index contributed by atoms with van der Waals surface area (Å²) in [4.78, 5) is 0. The van der Waals surface area contributed by atoms with Crippen LogP contribution in [0.2, 0.25) is 0 Å². The van der Waals surface area contributed by atoms with Gasteiger partial charge < -0.3 is 10.2 Å². The molecule has 0 aliphatic heterocycles. The van der Waals surface area contributed by atoms with E-state index >= 15 is 0 Å². The lowest BCUT2D eigenvalue weighted by Crippen LogP contribution is -2.31. The Kier molecular flexibility index (Phi) is 4.19. The number of halogens is 2. The number of phenols is 2. The van der Waals surface area contributed by atoms with E-state index in [1.807, 2.05) is 19.1 Å². The highest BCUT2D eigenvalue weighted by Crippen LogP contribution is 2.41. The van der Waals surface area contributed by atoms with Crippen LogP contribution >= 0.6 is 0 Å². The van der Waals surface area contributed by atoms with Crippen molar-refractivity contribution in [1.29, 1.82) is 0 Å². The third kappa shape index (κ3) is 2.78. The second kappa shape index (κ2) is 6.54. The lowest BCUT2D eigenvalue weighted by Gasteiger charge is -2.17. The zero-order valence-corrected chi connectivity index (χ0v) is 14.8. The van der Waals surface area contributed by atoms with Gasteiger partial charge in [0, 0.05) is 22.3 Å². The fourth-order valence-electron chi connectivity index (χ4n) is 3.68. The number of fused-ring (bicyclic) bond motifs is 1. The largest absolute Gasteiger partial charge is 0.504 e. The van der Waals surface area contributed by atoms with Crippen LogP contribution in [0.5, 0.6) is 11.5 Å². The van der Waals surface area contributed by atoms with Gasteiger partial charge >= 0.3 is 0 Å². The number of hydrogen-bond acceptors (Lipinski definition) is 2. The summed E-state index contributed by atoms with van der Waals surface area (Å²) in [5, 5.41) is 22.8. The van der Waals surface area contributed by atoms with Crippen LogP contribution in [0.3, 0.4) is 0 Å². The molecule has 27 heavy (non-hydrogen) atoms. The van der Waals surface area contributed by atoms with E-state index < -0.39 is 23.1 Å². The molecule has 0 atom stereocenters. The Labute approximate surface area is 155 Å². The first-order valence-corrected chi connectivity index (χ1v) is 8.78. The van der Waals surface area contributed by atoms with Crippen molar-refractivity contribution in [1.82, 2.24) is 0 Å². The van der Waals surface area contributed by atoms with E-state index in [0.29, 0.717) is 23.3 Å². The van der Waals surface area contributed by atoms with Crippen LogP contribution in [-0.4, -0.2) is 10.2 Å². The molecule has 1 aliphatic rings. The number of rotatable bonds is 2. The first kappa shape index (κ1) is 17.3. The molecule has 0 bridgehead atoms. The van der Waals surface area contributed by atoms with Crippen LogP contribution in [0.25, 0.3) is 34.4 Å². The van der Waals surface area contributed by atoms with E-state index in [1.165, 1.54) is 12.1 Å². The van der Waals surface area contributed by atoms with Crippen LogP contribution in [0.1, 0.15) is 18.4 Å². The van der Waals surface area contributed by atoms with E-state index in [4.69, 9.17) is 0 Å². The van der Waals surface area contributed by atoms with E-state index in [2.05, 4.69) is 0 Å². The molecule has 3 aromatic carbocycles. The Morgan fingerprint density at radius 2 is 1.30 bits per heavy atom. The van der Waals surface area contributed by atoms with Gasteiger partial charge in [-0.3, -0.25) is 0 Å². The van der Waals surface area contributed by atoms with E-state index in [0.717, 1.165) is 5.56 Å². The fourth-order valence-corrected chi connectivity index (χ4v) is 3.68. The molecule has 4 rings (SSSR count). The van der Waals surface area contributed by atoms with Crippen molar-refractivity contribution >= 4 is 12.2 Å². The van der Waals surface area contributed by atoms with Crippen molar-refractivity contribution in [3.63, 3.8) is 0 Å². The number of hydrogen-bond donors (Lipinski definition) is 2. The molecule has 2 nitrogen and oxygen atoms in total. The molecule has 4 heteroatoms. The maximum Gasteiger partial charge on any atom is 0.166 e. The molecule has 0 heterocycles. The number of aryl methyl sites for hydroxylation is 1. The Morgan fingerprint density at radius 3 is 1.93 bits per heavy atom. The number of benzene rings is 3. The highest BCUT2D eigenvalue weighted by Gasteiger charge is 2.23. The van der Waals surface area contributed by atoms with Gasteiger partial charge in [-0.25, -0.2) is 8.78 Å². The van der Waals surface area contributed by atoms with E-state index in [9.17, 15) is 19.0 Å². The van der Waals surface area contributed by atoms with Crippen molar-refractivity contribution in [2.75, 3.05) is 0 Å². The van der Waals surface area contributed by atoms with Gasteiger partial charge in [-0.2, -0.15) is 0 Å². The van der Waals surface area contributed by atoms with Gasteiger partial charge in [0.2, 0.25) is 0 Å². The lowest BCUT2D eigenvalue weighted by atomic mass is 9.89. The summed E-state index contributed by atoms with van der Waals surface area (Å²) in [5.41, 5.74) is 1.71. The molecule has 0 saturated heterocycles. The van der Waals surface area contributed by atoms with Gasteiger partial charge in [0.25, 0.3) is 0 Å². The minimum absolute atomic E-state index is 0.198. The maximum atomic E-state index is 14.5. The van der Waals surface area contributed by atoms with Crippen molar-refractivity contribution in [3.05, 3.63) is 70.1 Å². The predicted molar refractivity (Wildman–Crippen MR) is 103 cm³/mol. The molecule has 0 amide bonds. The maximum absolute atomic E-state index is 14.5. The second-order valence-electron chi connectivity index (χ2n) is 6.72. The summed E-state index contributed by atoms with van der Waals surface area (Å²) in [6.45, 7) is 1.83. The standard InChI is InChI=1S/C23H18F2O2/c1-13-10-11-19(25)17(12-13)21-15-7-3-2-6-14(15)20(22(26)23(21)27)16-8-4-5-9-18(16)24/h4-12,26-27H,2-3H2,1H3. The van der Waals surface area contributed by atoms with Gasteiger partial charge in [0.15, 0.2) is 11.5 Å². The average Bonchev–Trinajstić information content (AvgIpc) is 2.66. The Bertz CT molecular complexity index is 1180. The molecule has 1 aliphatic carbocycles. The summed E-state index contributed by atoms with van der Waals surface area (Å²) in [5.74, 6) is -1.87. The molecular weight excluding hydrogens is 346 g/mol. The van der Waals surface area contributed by atoms with Crippen LogP contribution < -0.4 is 10.4 Å². The molecule has 2 N–H and O–H groups in total. The first-order valence-electron chi connectivity index (χ1n) is 8.78.